The van der Waals surface area contributed by atoms with Crippen LogP contribution in [0.5, 0.6) is 0 Å². The Labute approximate surface area is 119 Å². The van der Waals surface area contributed by atoms with E-state index >= 15 is 0 Å². The molecule has 0 spiro atoms. The maximum absolute atomic E-state index is 12.5. The molecule has 2 atom stereocenters. The number of nitrogens with zero attached hydrogens (tertiary/aromatic N) is 2. The van der Waals surface area contributed by atoms with E-state index in [2.05, 4.69) is 6.58 Å². The number of carbonyl (C=O) groups is 3. The Morgan fingerprint density at radius 1 is 1.40 bits per heavy atom. The van der Waals surface area contributed by atoms with Gasteiger partial charge in [0.2, 0.25) is 11.8 Å². The van der Waals surface area contributed by atoms with E-state index in [1.54, 1.807) is 13.8 Å². The molecule has 1 saturated heterocycles. The molecule has 1 N–H and O–H groups in total. The molecule has 1 heterocycles. The quantitative estimate of drug-likeness (QED) is 0.754. The van der Waals surface area contributed by atoms with Crippen molar-refractivity contribution in [2.24, 2.45) is 5.92 Å². The fraction of sp³-hybridized carbons (Fsp3) is 0.643. The largest absolute Gasteiger partial charge is 0.480 e. The molecule has 0 aliphatic carbocycles. The van der Waals surface area contributed by atoms with Crippen molar-refractivity contribution in [3.8, 4) is 0 Å². The molecular formula is C14H22N2O4. The Bertz CT molecular complexity index is 419. The van der Waals surface area contributed by atoms with Crippen molar-refractivity contribution < 1.29 is 19.5 Å². The van der Waals surface area contributed by atoms with Crippen LogP contribution in [0.3, 0.4) is 0 Å². The van der Waals surface area contributed by atoms with Gasteiger partial charge in [0.15, 0.2) is 0 Å². The first kappa shape index (κ1) is 16.2. The molecule has 0 aromatic rings. The average molecular weight is 282 g/mol. The van der Waals surface area contributed by atoms with Crippen LogP contribution in [0.4, 0.5) is 0 Å². The lowest BCUT2D eigenvalue weighted by Crippen LogP contribution is -2.53. The zero-order chi connectivity index (χ0) is 15.4. The highest BCUT2D eigenvalue weighted by atomic mass is 16.4. The number of carboxylic acids is 1. The van der Waals surface area contributed by atoms with Crippen molar-refractivity contribution in [3.05, 3.63) is 12.7 Å². The number of likely N-dealkylation sites (N-methyl/N-ethyl adjacent to an activating group) is 1. The predicted octanol–water partition coefficient (Wildman–Crippen LogP) is 0.731. The fourth-order valence-electron chi connectivity index (χ4n) is 2.67. The summed E-state index contributed by atoms with van der Waals surface area (Å²) in [6.07, 6.45) is 2.49. The van der Waals surface area contributed by atoms with E-state index in [1.807, 2.05) is 0 Å². The minimum absolute atomic E-state index is 0.202. The molecule has 0 radical (unpaired) electrons. The highest BCUT2D eigenvalue weighted by Crippen LogP contribution is 2.21. The molecular weight excluding hydrogens is 260 g/mol. The van der Waals surface area contributed by atoms with Crippen LogP contribution in [-0.2, 0) is 14.4 Å². The lowest BCUT2D eigenvalue weighted by Gasteiger charge is -2.32. The van der Waals surface area contributed by atoms with Gasteiger partial charge in [-0.3, -0.25) is 9.59 Å². The molecule has 6 nitrogen and oxygen atoms in total. The highest BCUT2D eigenvalue weighted by molar-refractivity contribution is 5.94. The molecule has 1 aliphatic heterocycles. The van der Waals surface area contributed by atoms with Crippen LogP contribution < -0.4 is 0 Å². The molecule has 1 aliphatic rings. The maximum Gasteiger partial charge on any atom is 0.326 e. The van der Waals surface area contributed by atoms with Crippen LogP contribution in [0.2, 0.25) is 0 Å². The van der Waals surface area contributed by atoms with Gasteiger partial charge in [0, 0.05) is 13.6 Å². The van der Waals surface area contributed by atoms with Crippen molar-refractivity contribution in [1.82, 2.24) is 9.80 Å². The van der Waals surface area contributed by atoms with Crippen LogP contribution in [-0.4, -0.2) is 58.4 Å². The van der Waals surface area contributed by atoms with E-state index in [9.17, 15) is 19.5 Å². The Hall–Kier alpha value is -1.85. The molecule has 112 valence electrons. The van der Waals surface area contributed by atoms with Gasteiger partial charge < -0.3 is 14.9 Å². The maximum atomic E-state index is 12.5. The number of aliphatic carboxylic acids is 1. The lowest BCUT2D eigenvalue weighted by atomic mass is 10.0. The van der Waals surface area contributed by atoms with E-state index < -0.39 is 18.1 Å². The van der Waals surface area contributed by atoms with Gasteiger partial charge in [-0.25, -0.2) is 4.79 Å². The zero-order valence-electron chi connectivity index (χ0n) is 12.2. The van der Waals surface area contributed by atoms with Crippen molar-refractivity contribution in [1.29, 1.82) is 0 Å². The van der Waals surface area contributed by atoms with Gasteiger partial charge in [0.05, 0.1) is 0 Å². The highest BCUT2D eigenvalue weighted by Gasteiger charge is 2.38. The predicted molar refractivity (Wildman–Crippen MR) is 74.0 cm³/mol. The number of likely N-dealkylation sites (tertiary alicyclic amines) is 1. The third kappa shape index (κ3) is 3.18. The normalized spacial score (nSPS) is 19.8. The topological polar surface area (TPSA) is 77.9 Å². The first-order valence-electron chi connectivity index (χ1n) is 6.73. The smallest absolute Gasteiger partial charge is 0.326 e. The zero-order valence-corrected chi connectivity index (χ0v) is 12.2. The van der Waals surface area contributed by atoms with E-state index in [0.29, 0.717) is 13.0 Å². The summed E-state index contributed by atoms with van der Waals surface area (Å²) in [6.45, 7) is 7.44. The fourth-order valence-corrected chi connectivity index (χ4v) is 2.67. The first-order chi connectivity index (χ1) is 9.31. The molecule has 1 rings (SSSR count). The molecule has 20 heavy (non-hydrogen) atoms. The summed E-state index contributed by atoms with van der Waals surface area (Å²) in [5.74, 6) is -1.84. The molecule has 0 aromatic carbocycles. The van der Waals surface area contributed by atoms with Crippen molar-refractivity contribution in [2.75, 3.05) is 13.6 Å². The van der Waals surface area contributed by atoms with E-state index in [0.717, 1.165) is 6.42 Å². The number of rotatable bonds is 5. The lowest BCUT2D eigenvalue weighted by molar-refractivity contribution is -0.153. The number of hydrogen-bond donors (Lipinski definition) is 1. The summed E-state index contributed by atoms with van der Waals surface area (Å²) in [4.78, 5) is 38.2. The van der Waals surface area contributed by atoms with Crippen molar-refractivity contribution in [2.45, 2.75) is 38.8 Å². The monoisotopic (exact) mass is 282 g/mol. The summed E-state index contributed by atoms with van der Waals surface area (Å²) in [5, 5.41) is 9.24. The van der Waals surface area contributed by atoms with Gasteiger partial charge in [-0.2, -0.15) is 0 Å². The minimum atomic E-state index is -1.03. The van der Waals surface area contributed by atoms with E-state index in [1.165, 1.54) is 22.9 Å². The molecule has 2 amide bonds. The molecule has 1 unspecified atom stereocenters. The van der Waals surface area contributed by atoms with Gasteiger partial charge in [-0.05, 0) is 24.8 Å². The second-order valence-electron chi connectivity index (χ2n) is 5.37. The first-order valence-corrected chi connectivity index (χ1v) is 6.73. The summed E-state index contributed by atoms with van der Waals surface area (Å²) in [7, 11) is 1.48. The summed E-state index contributed by atoms with van der Waals surface area (Å²) >= 11 is 0. The Morgan fingerprint density at radius 2 is 2.00 bits per heavy atom. The molecule has 0 aromatic heterocycles. The minimum Gasteiger partial charge on any atom is -0.480 e. The third-order valence-electron chi connectivity index (χ3n) is 3.64. The van der Waals surface area contributed by atoms with E-state index in [-0.39, 0.29) is 17.7 Å². The molecule has 0 saturated carbocycles. The second-order valence-corrected chi connectivity index (χ2v) is 5.37. The van der Waals surface area contributed by atoms with Crippen LogP contribution in [0, 0.1) is 5.92 Å². The number of hydrogen-bond acceptors (Lipinski definition) is 3. The summed E-state index contributed by atoms with van der Waals surface area (Å²) in [5.41, 5.74) is 0. The molecule has 0 bridgehead atoms. The van der Waals surface area contributed by atoms with Gasteiger partial charge in [-0.15, -0.1) is 0 Å². The van der Waals surface area contributed by atoms with Crippen LogP contribution in [0.15, 0.2) is 12.7 Å². The molecule has 1 fully saturated rings. The third-order valence-corrected chi connectivity index (χ3v) is 3.64. The van der Waals surface area contributed by atoms with E-state index in [4.69, 9.17) is 0 Å². The number of carbonyl (C=O) groups excluding carboxylic acids is 2. The molecule has 6 heteroatoms. The van der Waals surface area contributed by atoms with Crippen molar-refractivity contribution >= 4 is 17.8 Å². The Balaban J connectivity index is 2.90. The van der Waals surface area contributed by atoms with Gasteiger partial charge >= 0.3 is 5.97 Å². The Kier molecular flexibility index (Phi) is 5.30. The van der Waals surface area contributed by atoms with Gasteiger partial charge in [0.25, 0.3) is 0 Å². The number of amides is 2. The number of carboxylic acid groups (broad SMARTS) is 1. The summed E-state index contributed by atoms with van der Waals surface area (Å²) in [6, 6.07) is -1.46. The van der Waals surface area contributed by atoms with Crippen LogP contribution in [0.25, 0.3) is 0 Å². The van der Waals surface area contributed by atoms with Crippen LogP contribution >= 0.6 is 0 Å². The second kappa shape index (κ2) is 6.54. The SMILES string of the molecule is C=CC(=O)N1CCC[C@H]1C(=O)N(C)C(C(=O)O)C(C)C. The Morgan fingerprint density at radius 3 is 2.45 bits per heavy atom. The standard InChI is InChI=1S/C14H22N2O4/c1-5-11(17)16-8-6-7-10(16)13(18)15(4)12(9(2)3)14(19)20/h5,9-10,12H,1,6-8H2,2-4H3,(H,19,20)/t10-,12?/m0/s1. The summed E-state index contributed by atoms with van der Waals surface area (Å²) < 4.78 is 0. The van der Waals surface area contributed by atoms with Gasteiger partial charge in [0.1, 0.15) is 12.1 Å². The average Bonchev–Trinajstić information content (AvgIpc) is 2.84. The van der Waals surface area contributed by atoms with Crippen molar-refractivity contribution in [3.63, 3.8) is 0 Å². The van der Waals surface area contributed by atoms with Gasteiger partial charge in [-0.1, -0.05) is 20.4 Å². The van der Waals surface area contributed by atoms with Crippen LogP contribution in [0.1, 0.15) is 26.7 Å².